The monoisotopic (exact) mass is 363 g/mol. The molecule has 0 aliphatic carbocycles. The molecular formula is C19H29N3O4. The molecule has 1 heterocycles. The Morgan fingerprint density at radius 1 is 1.35 bits per heavy atom. The van der Waals surface area contributed by atoms with Gasteiger partial charge in [-0.15, -0.1) is 0 Å². The number of hydrogen-bond donors (Lipinski definition) is 1. The van der Waals surface area contributed by atoms with E-state index in [1.165, 1.54) is 4.90 Å². The Hall–Kier alpha value is -2.28. The normalized spacial score (nSPS) is 16.1. The molecule has 1 aliphatic rings. The Labute approximate surface area is 155 Å². The topological polar surface area (TPSA) is 73.3 Å². The van der Waals surface area contributed by atoms with Crippen LogP contribution in [0, 0.1) is 0 Å². The number of aliphatic hydroxyl groups is 1. The number of carbonyl (C=O) groups excluding carboxylic acids is 2. The lowest BCUT2D eigenvalue weighted by Gasteiger charge is -2.37. The van der Waals surface area contributed by atoms with Gasteiger partial charge in [0, 0.05) is 39.3 Å². The molecule has 2 amide bonds. The van der Waals surface area contributed by atoms with Gasteiger partial charge in [0.15, 0.2) is 0 Å². The third kappa shape index (κ3) is 4.27. The van der Waals surface area contributed by atoms with Gasteiger partial charge in [-0.25, -0.2) is 0 Å². The summed E-state index contributed by atoms with van der Waals surface area (Å²) in [5.41, 5.74) is 1.39. The number of rotatable bonds is 6. The van der Waals surface area contributed by atoms with E-state index in [0.717, 1.165) is 5.69 Å². The van der Waals surface area contributed by atoms with E-state index in [4.69, 9.17) is 4.74 Å². The summed E-state index contributed by atoms with van der Waals surface area (Å²) in [6, 6.07) is 5.26. The number of nitrogens with zero attached hydrogens (tertiary/aromatic N) is 3. The van der Waals surface area contributed by atoms with Crippen molar-refractivity contribution in [2.45, 2.75) is 32.4 Å². The number of likely N-dealkylation sites (N-methyl/N-ethyl adjacent to an activating group) is 1. The molecule has 7 heteroatoms. The molecule has 144 valence electrons. The minimum absolute atomic E-state index is 0.0153. The number of aliphatic hydroxyl groups excluding tert-OH is 1. The maximum Gasteiger partial charge on any atom is 0.253 e. The molecule has 0 saturated heterocycles. The smallest absolute Gasteiger partial charge is 0.253 e. The van der Waals surface area contributed by atoms with E-state index in [1.807, 2.05) is 31.9 Å². The zero-order valence-electron chi connectivity index (χ0n) is 16.2. The number of amides is 2. The number of ether oxygens (including phenoxy) is 1. The first-order valence-electron chi connectivity index (χ1n) is 8.88. The second-order valence-corrected chi connectivity index (χ2v) is 7.07. The highest BCUT2D eigenvalue weighted by molar-refractivity contribution is 5.95. The van der Waals surface area contributed by atoms with Crippen LogP contribution in [0.2, 0.25) is 0 Å². The van der Waals surface area contributed by atoms with Crippen molar-refractivity contribution in [3.05, 3.63) is 23.8 Å². The van der Waals surface area contributed by atoms with E-state index in [-0.39, 0.29) is 30.5 Å². The van der Waals surface area contributed by atoms with Crippen LogP contribution < -0.4 is 9.64 Å². The minimum Gasteiger partial charge on any atom is -0.489 e. The summed E-state index contributed by atoms with van der Waals surface area (Å²) in [6.07, 6.45) is 0.292. The third-order valence-electron chi connectivity index (χ3n) is 4.67. The predicted octanol–water partition coefficient (Wildman–Crippen LogP) is 1.20. The highest BCUT2D eigenvalue weighted by Gasteiger charge is 2.29. The fraction of sp³-hybridized carbons (Fsp3) is 0.579. The van der Waals surface area contributed by atoms with Gasteiger partial charge in [-0.2, -0.15) is 0 Å². The van der Waals surface area contributed by atoms with Crippen LogP contribution in [0.4, 0.5) is 5.69 Å². The van der Waals surface area contributed by atoms with Crippen molar-refractivity contribution in [1.29, 1.82) is 0 Å². The first kappa shape index (κ1) is 20.0. The van der Waals surface area contributed by atoms with Gasteiger partial charge in [0.05, 0.1) is 24.8 Å². The van der Waals surface area contributed by atoms with Crippen LogP contribution in [-0.2, 0) is 4.79 Å². The van der Waals surface area contributed by atoms with Gasteiger partial charge in [0.1, 0.15) is 12.4 Å². The quantitative estimate of drug-likeness (QED) is 0.822. The fourth-order valence-electron chi connectivity index (χ4n) is 3.09. The van der Waals surface area contributed by atoms with Gasteiger partial charge in [-0.3, -0.25) is 9.59 Å². The second-order valence-electron chi connectivity index (χ2n) is 7.07. The summed E-state index contributed by atoms with van der Waals surface area (Å²) in [5.74, 6) is 0.620. The molecule has 1 aromatic carbocycles. The van der Waals surface area contributed by atoms with Crippen molar-refractivity contribution in [2.24, 2.45) is 0 Å². The summed E-state index contributed by atoms with van der Waals surface area (Å²) < 4.78 is 5.82. The third-order valence-corrected chi connectivity index (χ3v) is 4.67. The standard InChI is InChI=1S/C19H29N3O4/c1-13(2)22(8-9-23)18(24)11-15-12-26-17-7-6-14(19(25)20(3)4)10-16(17)21(15)5/h6-7,10,13,15,23H,8-9,11-12H2,1-5H3/t15-/m1/s1. The molecule has 0 unspecified atom stereocenters. The van der Waals surface area contributed by atoms with Crippen LogP contribution in [0.3, 0.4) is 0 Å². The van der Waals surface area contributed by atoms with Crippen LogP contribution in [0.25, 0.3) is 0 Å². The van der Waals surface area contributed by atoms with Gasteiger partial charge in [0.25, 0.3) is 5.91 Å². The summed E-state index contributed by atoms with van der Waals surface area (Å²) >= 11 is 0. The van der Waals surface area contributed by atoms with Crippen LogP contribution in [0.15, 0.2) is 18.2 Å². The van der Waals surface area contributed by atoms with Crippen molar-refractivity contribution in [2.75, 3.05) is 45.8 Å². The fourth-order valence-corrected chi connectivity index (χ4v) is 3.09. The lowest BCUT2D eigenvalue weighted by atomic mass is 10.1. The van der Waals surface area contributed by atoms with Crippen molar-refractivity contribution >= 4 is 17.5 Å². The maximum absolute atomic E-state index is 12.6. The maximum atomic E-state index is 12.6. The van der Waals surface area contributed by atoms with E-state index >= 15 is 0 Å². The number of hydrogen-bond acceptors (Lipinski definition) is 5. The zero-order chi connectivity index (χ0) is 19.4. The number of carbonyl (C=O) groups is 2. The van der Waals surface area contributed by atoms with Gasteiger partial charge < -0.3 is 24.5 Å². The molecular weight excluding hydrogens is 334 g/mol. The van der Waals surface area contributed by atoms with Crippen molar-refractivity contribution in [3.8, 4) is 5.75 Å². The molecule has 1 atom stereocenters. The van der Waals surface area contributed by atoms with Crippen LogP contribution in [0.5, 0.6) is 5.75 Å². The molecule has 1 aliphatic heterocycles. The molecule has 7 nitrogen and oxygen atoms in total. The van der Waals surface area contributed by atoms with E-state index in [9.17, 15) is 14.7 Å². The molecule has 26 heavy (non-hydrogen) atoms. The Morgan fingerprint density at radius 2 is 2.04 bits per heavy atom. The first-order chi connectivity index (χ1) is 12.3. The number of fused-ring (bicyclic) bond motifs is 1. The highest BCUT2D eigenvalue weighted by Crippen LogP contribution is 2.35. The molecule has 0 fully saturated rings. The minimum atomic E-state index is -0.125. The van der Waals surface area contributed by atoms with Gasteiger partial charge >= 0.3 is 0 Å². The number of anilines is 1. The van der Waals surface area contributed by atoms with Crippen molar-refractivity contribution in [3.63, 3.8) is 0 Å². The SMILES string of the molecule is CC(C)N(CCO)C(=O)C[C@@H]1COc2ccc(C(=O)N(C)C)cc2N1C. The molecule has 0 radical (unpaired) electrons. The lowest BCUT2D eigenvalue weighted by Crippen LogP contribution is -2.47. The summed E-state index contributed by atoms with van der Waals surface area (Å²) in [4.78, 5) is 30.1. The average Bonchev–Trinajstić information content (AvgIpc) is 2.60. The average molecular weight is 363 g/mol. The van der Waals surface area contributed by atoms with Gasteiger partial charge in [-0.1, -0.05) is 0 Å². The van der Waals surface area contributed by atoms with E-state index in [2.05, 4.69) is 0 Å². The largest absolute Gasteiger partial charge is 0.489 e. The summed E-state index contributed by atoms with van der Waals surface area (Å²) in [7, 11) is 5.34. The molecule has 1 N–H and O–H groups in total. The Kier molecular flexibility index (Phi) is 6.47. The summed E-state index contributed by atoms with van der Waals surface area (Å²) in [5, 5.41) is 9.18. The van der Waals surface area contributed by atoms with Crippen molar-refractivity contribution < 1.29 is 19.4 Å². The first-order valence-corrected chi connectivity index (χ1v) is 8.88. The Bertz CT molecular complexity index is 660. The van der Waals surface area contributed by atoms with Gasteiger partial charge in [-0.05, 0) is 32.0 Å². The lowest BCUT2D eigenvalue weighted by molar-refractivity contribution is -0.134. The Morgan fingerprint density at radius 3 is 2.62 bits per heavy atom. The predicted molar refractivity (Wildman–Crippen MR) is 101 cm³/mol. The zero-order valence-corrected chi connectivity index (χ0v) is 16.2. The second kappa shape index (κ2) is 8.40. The van der Waals surface area contributed by atoms with Crippen molar-refractivity contribution in [1.82, 2.24) is 9.80 Å². The van der Waals surface area contributed by atoms with E-state index in [1.54, 1.807) is 31.1 Å². The highest BCUT2D eigenvalue weighted by atomic mass is 16.5. The molecule has 0 spiro atoms. The van der Waals surface area contributed by atoms with E-state index in [0.29, 0.717) is 30.9 Å². The summed E-state index contributed by atoms with van der Waals surface area (Å²) in [6.45, 7) is 4.54. The molecule has 1 aromatic rings. The number of benzene rings is 1. The molecule has 2 rings (SSSR count). The van der Waals surface area contributed by atoms with Gasteiger partial charge in [0.2, 0.25) is 5.91 Å². The van der Waals surface area contributed by atoms with Crippen LogP contribution in [0.1, 0.15) is 30.6 Å². The van der Waals surface area contributed by atoms with E-state index < -0.39 is 0 Å². The van der Waals surface area contributed by atoms with Crippen LogP contribution in [-0.4, -0.2) is 79.7 Å². The molecule has 0 bridgehead atoms. The molecule has 0 aromatic heterocycles. The van der Waals surface area contributed by atoms with Crippen LogP contribution >= 0.6 is 0 Å². The molecule has 0 saturated carbocycles. The Balaban J connectivity index is 2.17.